The van der Waals surface area contributed by atoms with Gasteiger partial charge in [0.05, 0.1) is 38.0 Å². The van der Waals surface area contributed by atoms with Crippen LogP contribution in [0.4, 0.5) is 0 Å². The van der Waals surface area contributed by atoms with Crippen LogP contribution in [0.25, 0.3) is 0 Å². The van der Waals surface area contributed by atoms with Crippen molar-refractivity contribution in [1.82, 2.24) is 10.1 Å². The molecule has 1 fully saturated rings. The fraction of sp³-hybridized carbons (Fsp3) is 0.667. The van der Waals surface area contributed by atoms with Gasteiger partial charge in [-0.25, -0.2) is 0 Å². The standard InChI is InChI=1S/C12H18N2O4/c1-8-11(9(2)18-13-8)5-12(16)14-3-4-17-7-10(14)6-15/h10,15H,3-7H2,1-2H3. The maximum atomic E-state index is 12.2. The van der Waals surface area contributed by atoms with Crippen LogP contribution in [-0.2, 0) is 16.0 Å². The van der Waals surface area contributed by atoms with Crippen LogP contribution >= 0.6 is 0 Å². The molecule has 1 unspecified atom stereocenters. The Balaban J connectivity index is 2.07. The number of aromatic nitrogens is 1. The summed E-state index contributed by atoms with van der Waals surface area (Å²) in [6.45, 7) is 4.97. The summed E-state index contributed by atoms with van der Waals surface area (Å²) < 4.78 is 10.3. The van der Waals surface area contributed by atoms with Gasteiger partial charge in [0.2, 0.25) is 5.91 Å². The second-order valence-corrected chi connectivity index (χ2v) is 4.48. The van der Waals surface area contributed by atoms with Crippen molar-refractivity contribution in [2.45, 2.75) is 26.3 Å². The van der Waals surface area contributed by atoms with Crippen LogP contribution < -0.4 is 0 Å². The fourth-order valence-electron chi connectivity index (χ4n) is 2.14. The number of amides is 1. The van der Waals surface area contributed by atoms with E-state index in [0.29, 0.717) is 25.5 Å². The van der Waals surface area contributed by atoms with E-state index >= 15 is 0 Å². The quantitative estimate of drug-likeness (QED) is 0.825. The molecular formula is C12H18N2O4. The van der Waals surface area contributed by atoms with Gasteiger partial charge < -0.3 is 19.3 Å². The smallest absolute Gasteiger partial charge is 0.227 e. The summed E-state index contributed by atoms with van der Waals surface area (Å²) in [5, 5.41) is 13.1. The number of hydrogen-bond donors (Lipinski definition) is 1. The molecule has 1 aromatic heterocycles. The molecule has 1 N–H and O–H groups in total. The summed E-state index contributed by atoms with van der Waals surface area (Å²) in [6, 6.07) is -0.244. The number of morpholine rings is 1. The van der Waals surface area contributed by atoms with E-state index in [4.69, 9.17) is 9.26 Å². The molecule has 0 radical (unpaired) electrons. The summed E-state index contributed by atoms with van der Waals surface area (Å²) in [5.41, 5.74) is 1.58. The Morgan fingerprint density at radius 3 is 2.94 bits per heavy atom. The van der Waals surface area contributed by atoms with Crippen molar-refractivity contribution >= 4 is 5.91 Å². The van der Waals surface area contributed by atoms with Crippen molar-refractivity contribution in [2.24, 2.45) is 0 Å². The van der Waals surface area contributed by atoms with E-state index in [1.54, 1.807) is 11.8 Å². The van der Waals surface area contributed by atoms with Crippen molar-refractivity contribution in [3.63, 3.8) is 0 Å². The van der Waals surface area contributed by atoms with Crippen molar-refractivity contribution in [1.29, 1.82) is 0 Å². The maximum Gasteiger partial charge on any atom is 0.227 e. The molecule has 0 bridgehead atoms. The van der Waals surface area contributed by atoms with Gasteiger partial charge in [-0.1, -0.05) is 5.16 Å². The first-order chi connectivity index (χ1) is 8.63. The normalized spacial score (nSPS) is 20.2. The summed E-state index contributed by atoms with van der Waals surface area (Å²) in [7, 11) is 0. The Morgan fingerprint density at radius 1 is 1.56 bits per heavy atom. The van der Waals surface area contributed by atoms with Gasteiger partial charge in [-0.05, 0) is 13.8 Å². The summed E-state index contributed by atoms with van der Waals surface area (Å²) in [6.07, 6.45) is 0.262. The molecule has 6 nitrogen and oxygen atoms in total. The van der Waals surface area contributed by atoms with Gasteiger partial charge in [-0.3, -0.25) is 4.79 Å². The molecule has 0 aromatic carbocycles. The van der Waals surface area contributed by atoms with Gasteiger partial charge >= 0.3 is 0 Å². The van der Waals surface area contributed by atoms with Gasteiger partial charge in [-0.2, -0.15) is 0 Å². The van der Waals surface area contributed by atoms with Gasteiger partial charge in [0.1, 0.15) is 5.76 Å². The van der Waals surface area contributed by atoms with Crippen LogP contribution in [0.5, 0.6) is 0 Å². The van der Waals surface area contributed by atoms with E-state index in [1.165, 1.54) is 0 Å². The minimum atomic E-state index is -0.244. The highest BCUT2D eigenvalue weighted by molar-refractivity contribution is 5.79. The van der Waals surface area contributed by atoms with Gasteiger partial charge in [0.25, 0.3) is 0 Å². The van der Waals surface area contributed by atoms with Crippen LogP contribution in [0.15, 0.2) is 4.52 Å². The third kappa shape index (κ3) is 2.54. The molecule has 2 rings (SSSR count). The molecule has 0 saturated carbocycles. The highest BCUT2D eigenvalue weighted by Crippen LogP contribution is 2.16. The predicted octanol–water partition coefficient (Wildman–Crippen LogP) is 0.0536. The molecule has 1 aliphatic heterocycles. The first-order valence-corrected chi connectivity index (χ1v) is 6.03. The largest absolute Gasteiger partial charge is 0.394 e. The Hall–Kier alpha value is -1.40. The van der Waals surface area contributed by atoms with E-state index in [1.807, 2.05) is 6.92 Å². The number of carbonyl (C=O) groups excluding carboxylic acids is 1. The molecule has 0 aliphatic carbocycles. The van der Waals surface area contributed by atoms with Crippen LogP contribution in [0, 0.1) is 13.8 Å². The monoisotopic (exact) mass is 254 g/mol. The minimum Gasteiger partial charge on any atom is -0.394 e. The number of nitrogens with zero attached hydrogens (tertiary/aromatic N) is 2. The molecule has 1 aromatic rings. The van der Waals surface area contributed by atoms with Crippen molar-refractivity contribution in [3.05, 3.63) is 17.0 Å². The number of aliphatic hydroxyl groups excluding tert-OH is 1. The lowest BCUT2D eigenvalue weighted by atomic mass is 10.1. The van der Waals surface area contributed by atoms with Crippen LogP contribution in [-0.4, -0.2) is 53.5 Å². The van der Waals surface area contributed by atoms with Gasteiger partial charge in [0, 0.05) is 12.1 Å². The first kappa shape index (κ1) is 13.0. The zero-order valence-electron chi connectivity index (χ0n) is 10.7. The molecule has 2 heterocycles. The second kappa shape index (κ2) is 5.49. The lowest BCUT2D eigenvalue weighted by molar-refractivity contribution is -0.140. The number of aryl methyl sites for hydroxylation is 2. The third-order valence-corrected chi connectivity index (χ3v) is 3.27. The van der Waals surface area contributed by atoms with Crippen molar-refractivity contribution in [3.8, 4) is 0 Å². The number of aliphatic hydroxyl groups is 1. The number of carbonyl (C=O) groups is 1. The minimum absolute atomic E-state index is 0.0215. The van der Waals surface area contributed by atoms with Gasteiger partial charge in [-0.15, -0.1) is 0 Å². The van der Waals surface area contributed by atoms with E-state index in [2.05, 4.69) is 5.16 Å². The van der Waals surface area contributed by atoms with Gasteiger partial charge in [0.15, 0.2) is 0 Å². The molecule has 100 valence electrons. The Kier molecular flexibility index (Phi) is 3.98. The predicted molar refractivity (Wildman–Crippen MR) is 63.1 cm³/mol. The highest BCUT2D eigenvalue weighted by Gasteiger charge is 2.27. The van der Waals surface area contributed by atoms with E-state index in [0.717, 1.165) is 11.3 Å². The molecular weight excluding hydrogens is 236 g/mol. The molecule has 18 heavy (non-hydrogen) atoms. The maximum absolute atomic E-state index is 12.2. The number of hydrogen-bond acceptors (Lipinski definition) is 5. The fourth-order valence-corrected chi connectivity index (χ4v) is 2.14. The highest BCUT2D eigenvalue weighted by atomic mass is 16.5. The molecule has 1 aliphatic rings. The van der Waals surface area contributed by atoms with Crippen molar-refractivity contribution in [2.75, 3.05) is 26.4 Å². The Morgan fingerprint density at radius 2 is 2.33 bits per heavy atom. The molecule has 6 heteroatoms. The Bertz CT molecular complexity index is 410. The average molecular weight is 254 g/mol. The van der Waals surface area contributed by atoms with E-state index < -0.39 is 0 Å². The van der Waals surface area contributed by atoms with Crippen LogP contribution in [0.2, 0.25) is 0 Å². The van der Waals surface area contributed by atoms with E-state index in [-0.39, 0.29) is 25.0 Å². The zero-order chi connectivity index (χ0) is 13.1. The molecule has 1 atom stereocenters. The topological polar surface area (TPSA) is 75.8 Å². The molecule has 0 spiro atoms. The van der Waals surface area contributed by atoms with E-state index in [9.17, 15) is 9.90 Å². The van der Waals surface area contributed by atoms with Crippen molar-refractivity contribution < 1.29 is 19.2 Å². The SMILES string of the molecule is Cc1noc(C)c1CC(=O)N1CCOCC1CO. The zero-order valence-corrected chi connectivity index (χ0v) is 10.7. The third-order valence-electron chi connectivity index (χ3n) is 3.27. The molecule has 1 amide bonds. The average Bonchev–Trinajstić information content (AvgIpc) is 2.70. The Labute approximate surface area is 106 Å². The summed E-state index contributed by atoms with van der Waals surface area (Å²) in [4.78, 5) is 13.9. The number of ether oxygens (including phenoxy) is 1. The summed E-state index contributed by atoms with van der Waals surface area (Å²) >= 11 is 0. The van der Waals surface area contributed by atoms with Crippen LogP contribution in [0.1, 0.15) is 17.0 Å². The summed E-state index contributed by atoms with van der Waals surface area (Å²) in [5.74, 6) is 0.654. The van der Waals surface area contributed by atoms with Crippen LogP contribution in [0.3, 0.4) is 0 Å². The second-order valence-electron chi connectivity index (χ2n) is 4.48. The lowest BCUT2D eigenvalue weighted by Crippen LogP contribution is -2.51. The first-order valence-electron chi connectivity index (χ1n) is 6.03. The number of rotatable bonds is 3. The lowest BCUT2D eigenvalue weighted by Gasteiger charge is -2.34. The molecule has 1 saturated heterocycles.